The number of likely N-dealkylation sites (tertiary alicyclic amines) is 1. The fraction of sp³-hybridized carbons (Fsp3) is 0.429. The van der Waals surface area contributed by atoms with Gasteiger partial charge in [0, 0.05) is 36.5 Å². The minimum atomic E-state index is -1.33. The maximum atomic E-state index is 17.8. The zero-order chi connectivity index (χ0) is 38.7. The number of aromatic nitrogens is 2. The lowest BCUT2D eigenvalue weighted by Crippen LogP contribution is -2.51. The van der Waals surface area contributed by atoms with Crippen molar-refractivity contribution in [3.8, 4) is 41.3 Å². The lowest BCUT2D eigenvalue weighted by molar-refractivity contribution is -0.128. The SMILES string of the molecule is C#Cc1c(F)ccc2cc(O)cc(-c3c(C(C)(C)C#N)cc4c(N(C)C[C@H]5N(C(=O)C=C)CCC5(C)O)nc(OCC56CCCN5CCC6)nc4c3F)c12. The molecular weight excluding hydrogens is 690 g/mol. The van der Waals surface area contributed by atoms with Gasteiger partial charge in [-0.1, -0.05) is 18.6 Å². The van der Waals surface area contributed by atoms with E-state index in [0.29, 0.717) is 25.0 Å². The maximum absolute atomic E-state index is 17.8. The molecule has 2 N–H and O–H groups in total. The molecule has 54 heavy (non-hydrogen) atoms. The number of fused-ring (bicyclic) bond motifs is 3. The average Bonchev–Trinajstić information content (AvgIpc) is 3.82. The quantitative estimate of drug-likeness (QED) is 0.153. The normalized spacial score (nSPS) is 20.9. The van der Waals surface area contributed by atoms with E-state index in [4.69, 9.17) is 16.1 Å². The van der Waals surface area contributed by atoms with Crippen LogP contribution in [0.3, 0.4) is 0 Å². The van der Waals surface area contributed by atoms with Crippen molar-refractivity contribution in [2.75, 3.05) is 44.7 Å². The molecule has 280 valence electrons. The van der Waals surface area contributed by atoms with Gasteiger partial charge in [-0.2, -0.15) is 15.2 Å². The molecule has 0 spiro atoms. The molecule has 3 aromatic carbocycles. The molecule has 1 amide bonds. The minimum absolute atomic E-state index is 0.0667. The summed E-state index contributed by atoms with van der Waals surface area (Å²) in [7, 11) is 1.73. The molecule has 3 aliphatic heterocycles. The van der Waals surface area contributed by atoms with Gasteiger partial charge in [-0.05, 0) is 113 Å². The molecule has 4 aromatic rings. The molecule has 10 nitrogen and oxygen atoms in total. The van der Waals surface area contributed by atoms with E-state index >= 15 is 8.78 Å². The summed E-state index contributed by atoms with van der Waals surface area (Å²) in [4.78, 5) is 28.1. The van der Waals surface area contributed by atoms with Crippen LogP contribution in [0.15, 0.2) is 43.0 Å². The lowest BCUT2D eigenvalue weighted by atomic mass is 9.79. The summed E-state index contributed by atoms with van der Waals surface area (Å²) in [5.41, 5.74) is -2.74. The number of anilines is 1. The fourth-order valence-electron chi connectivity index (χ4n) is 8.81. The number of nitriles is 1. The Morgan fingerprint density at radius 1 is 1.19 bits per heavy atom. The minimum Gasteiger partial charge on any atom is -0.508 e. The predicted octanol–water partition coefficient (Wildman–Crippen LogP) is 6.20. The molecule has 2 atom stereocenters. The number of halogens is 2. The second kappa shape index (κ2) is 13.5. The molecule has 0 saturated carbocycles. The van der Waals surface area contributed by atoms with Gasteiger partial charge in [-0.15, -0.1) is 6.42 Å². The molecule has 3 fully saturated rings. The van der Waals surface area contributed by atoms with Crippen LogP contribution in [0.1, 0.15) is 64.0 Å². The van der Waals surface area contributed by atoms with E-state index in [1.54, 1.807) is 43.7 Å². The van der Waals surface area contributed by atoms with Gasteiger partial charge in [-0.25, -0.2) is 8.78 Å². The number of ether oxygens (including phenoxy) is 1. The van der Waals surface area contributed by atoms with Crippen LogP contribution in [0.25, 0.3) is 32.8 Å². The lowest BCUT2D eigenvalue weighted by Gasteiger charge is -2.35. The summed E-state index contributed by atoms with van der Waals surface area (Å²) in [6.07, 6.45) is 11.4. The molecule has 1 unspecified atom stereocenters. The largest absolute Gasteiger partial charge is 0.508 e. The van der Waals surface area contributed by atoms with Gasteiger partial charge >= 0.3 is 6.01 Å². The molecule has 1 aromatic heterocycles. The molecule has 12 heteroatoms. The Kier molecular flexibility index (Phi) is 9.28. The molecular formula is C42H44F2N6O4. The van der Waals surface area contributed by atoms with E-state index in [1.807, 2.05) is 0 Å². The highest BCUT2D eigenvalue weighted by atomic mass is 19.1. The van der Waals surface area contributed by atoms with Crippen molar-refractivity contribution < 1.29 is 28.5 Å². The second-order valence-corrected chi connectivity index (χ2v) is 15.7. The Balaban J connectivity index is 1.48. The van der Waals surface area contributed by atoms with Crippen molar-refractivity contribution >= 4 is 33.4 Å². The molecule has 3 saturated heterocycles. The van der Waals surface area contributed by atoms with Crippen LogP contribution in [0.2, 0.25) is 0 Å². The van der Waals surface area contributed by atoms with E-state index in [9.17, 15) is 20.3 Å². The van der Waals surface area contributed by atoms with Crippen molar-refractivity contribution in [3.63, 3.8) is 0 Å². The number of aromatic hydroxyl groups is 1. The number of amides is 1. The molecule has 4 heterocycles. The molecule has 0 bridgehead atoms. The van der Waals surface area contributed by atoms with Crippen LogP contribution in [0.5, 0.6) is 11.8 Å². The third-order valence-corrected chi connectivity index (χ3v) is 11.8. The van der Waals surface area contributed by atoms with Crippen LogP contribution < -0.4 is 9.64 Å². The summed E-state index contributed by atoms with van der Waals surface area (Å²) in [5, 5.41) is 33.6. The summed E-state index contributed by atoms with van der Waals surface area (Å²) in [6, 6.07) is 8.57. The van der Waals surface area contributed by atoms with Crippen LogP contribution in [0.4, 0.5) is 14.6 Å². The number of aliphatic hydroxyl groups is 1. The first-order chi connectivity index (χ1) is 25.6. The second-order valence-electron chi connectivity index (χ2n) is 15.7. The molecule has 0 aliphatic carbocycles. The number of carbonyl (C=O) groups is 1. The van der Waals surface area contributed by atoms with E-state index < -0.39 is 28.7 Å². The van der Waals surface area contributed by atoms with Crippen LogP contribution >= 0.6 is 0 Å². The van der Waals surface area contributed by atoms with Gasteiger partial charge in [0.15, 0.2) is 5.82 Å². The monoisotopic (exact) mass is 734 g/mol. The van der Waals surface area contributed by atoms with Gasteiger partial charge < -0.3 is 24.7 Å². The van der Waals surface area contributed by atoms with Gasteiger partial charge in [0.25, 0.3) is 0 Å². The van der Waals surface area contributed by atoms with Gasteiger partial charge in [0.1, 0.15) is 29.5 Å². The Hall–Kier alpha value is -5.30. The first kappa shape index (κ1) is 37.0. The summed E-state index contributed by atoms with van der Waals surface area (Å²) >= 11 is 0. The van der Waals surface area contributed by atoms with Crippen molar-refractivity contribution in [2.45, 2.75) is 75.5 Å². The summed E-state index contributed by atoms with van der Waals surface area (Å²) in [5.74, 6) is 0.578. The van der Waals surface area contributed by atoms with Gasteiger partial charge in [0.05, 0.1) is 34.2 Å². The number of hydrogen-bond donors (Lipinski definition) is 2. The highest BCUT2D eigenvalue weighted by molar-refractivity contribution is 6.05. The van der Waals surface area contributed by atoms with Gasteiger partial charge in [0.2, 0.25) is 5.91 Å². The Morgan fingerprint density at radius 2 is 1.91 bits per heavy atom. The average molecular weight is 735 g/mol. The zero-order valence-electron chi connectivity index (χ0n) is 31.0. The predicted molar refractivity (Wildman–Crippen MR) is 203 cm³/mol. The van der Waals surface area contributed by atoms with E-state index in [0.717, 1.165) is 38.8 Å². The first-order valence-corrected chi connectivity index (χ1v) is 18.3. The van der Waals surface area contributed by atoms with E-state index in [1.165, 1.54) is 30.3 Å². The Labute approximate surface area is 313 Å². The van der Waals surface area contributed by atoms with Crippen molar-refractivity contribution in [2.24, 2.45) is 0 Å². The number of benzene rings is 3. The fourth-order valence-corrected chi connectivity index (χ4v) is 8.81. The van der Waals surface area contributed by atoms with E-state index in [2.05, 4.69) is 28.5 Å². The number of hydrogen-bond acceptors (Lipinski definition) is 9. The highest BCUT2D eigenvalue weighted by Crippen LogP contribution is 2.46. The van der Waals surface area contributed by atoms with Crippen LogP contribution in [-0.4, -0.2) is 92.9 Å². The summed E-state index contributed by atoms with van der Waals surface area (Å²) in [6.45, 7) is 11.3. The third kappa shape index (κ3) is 6.08. The molecule has 3 aliphatic rings. The number of rotatable bonds is 9. The Morgan fingerprint density at radius 3 is 2.57 bits per heavy atom. The van der Waals surface area contributed by atoms with Crippen LogP contribution in [-0.2, 0) is 10.2 Å². The zero-order valence-corrected chi connectivity index (χ0v) is 31.0. The number of carbonyl (C=O) groups excluding carboxylic acids is 1. The van der Waals surface area contributed by atoms with Gasteiger partial charge in [-0.3, -0.25) is 9.69 Å². The standard InChI is InChI=1S/C42H44F2N6O4/c1-7-27-31(43)12-11-25-19-26(51)20-28(34(25)27)35-30(40(3,4)23-45)21-29-37(36(35)44)46-39(54-24-42-13-9-16-49(42)17-10-14-42)47-38(29)48(6)22-32-41(5,53)15-18-50(32)33(52)8-2/h1,8,11-12,19-21,32,51,53H,2,9-10,13-18,22,24H2,3-6H3/t32-,41?/m1/s1. The third-order valence-electron chi connectivity index (χ3n) is 11.8. The Bertz CT molecular complexity index is 2280. The number of phenolic OH excluding ortho intramolecular Hbond substituents is 1. The first-order valence-electron chi connectivity index (χ1n) is 18.3. The number of nitrogens with zero attached hydrogens (tertiary/aromatic N) is 6. The number of phenols is 1. The number of terminal acetylenes is 1. The van der Waals surface area contributed by atoms with E-state index in [-0.39, 0.29) is 74.1 Å². The summed E-state index contributed by atoms with van der Waals surface area (Å²) < 4.78 is 39.4. The topological polar surface area (TPSA) is 126 Å². The van der Waals surface area contributed by atoms with Crippen LogP contribution in [0, 0.1) is 35.3 Å². The number of likely N-dealkylation sites (N-methyl/N-ethyl adjacent to an activating group) is 1. The highest BCUT2D eigenvalue weighted by Gasteiger charge is 2.46. The molecule has 7 rings (SSSR count). The smallest absolute Gasteiger partial charge is 0.319 e. The molecule has 0 radical (unpaired) electrons. The van der Waals surface area contributed by atoms with Crippen molar-refractivity contribution in [1.82, 2.24) is 19.8 Å². The maximum Gasteiger partial charge on any atom is 0.319 e. The van der Waals surface area contributed by atoms with Crippen molar-refractivity contribution in [1.29, 1.82) is 5.26 Å². The van der Waals surface area contributed by atoms with Crippen molar-refractivity contribution in [3.05, 3.63) is 65.7 Å².